The molecule has 9 heteroatoms. The van der Waals surface area contributed by atoms with Crippen LogP contribution in [0.3, 0.4) is 0 Å². The lowest BCUT2D eigenvalue weighted by Gasteiger charge is -2.20. The van der Waals surface area contributed by atoms with E-state index in [2.05, 4.69) is 10.2 Å². The van der Waals surface area contributed by atoms with Crippen LogP contribution in [-0.4, -0.2) is 28.1 Å². The molecule has 0 saturated carbocycles. The summed E-state index contributed by atoms with van der Waals surface area (Å²) in [4.78, 5) is 20.4. The lowest BCUT2D eigenvalue weighted by Crippen LogP contribution is -2.21. The van der Waals surface area contributed by atoms with Gasteiger partial charge in [0.05, 0.1) is 27.1 Å². The van der Waals surface area contributed by atoms with Gasteiger partial charge in [-0.1, -0.05) is 12.2 Å². The summed E-state index contributed by atoms with van der Waals surface area (Å²) in [7, 11) is 1.58. The van der Waals surface area contributed by atoms with E-state index in [4.69, 9.17) is 4.74 Å². The molecule has 0 fully saturated rings. The maximum Gasteiger partial charge on any atom is 0.303 e. The summed E-state index contributed by atoms with van der Waals surface area (Å²) in [5.74, 6) is 0. The summed E-state index contributed by atoms with van der Waals surface area (Å²) in [6.45, 7) is 7.29. The standard InChI is InChI=1S/C15H20N4O5/c1-14(2,8-9-15(3,4)24-5)17-16-12-7-6-11(18(20)21)10-13(12)19(22)23/h6-10H,1-5H3/b9-8+,17-16?. The Kier molecular flexibility index (Phi) is 5.86. The Morgan fingerprint density at radius 3 is 2.21 bits per heavy atom. The smallest absolute Gasteiger partial charge is 0.303 e. The van der Waals surface area contributed by atoms with Gasteiger partial charge in [-0.25, -0.2) is 0 Å². The second-order valence-corrected chi connectivity index (χ2v) is 6.18. The van der Waals surface area contributed by atoms with Gasteiger partial charge in [-0.3, -0.25) is 20.2 Å². The predicted molar refractivity (Wildman–Crippen MR) is 88.6 cm³/mol. The minimum absolute atomic E-state index is 0.0434. The summed E-state index contributed by atoms with van der Waals surface area (Å²) in [6.07, 6.45) is 3.59. The van der Waals surface area contributed by atoms with E-state index in [0.717, 1.165) is 12.1 Å². The highest BCUT2D eigenvalue weighted by molar-refractivity contribution is 5.61. The topological polar surface area (TPSA) is 120 Å². The third-order valence-electron chi connectivity index (χ3n) is 3.20. The molecule has 0 heterocycles. The first-order chi connectivity index (χ1) is 11.0. The van der Waals surface area contributed by atoms with E-state index >= 15 is 0 Å². The van der Waals surface area contributed by atoms with Crippen LogP contribution in [0.4, 0.5) is 17.1 Å². The monoisotopic (exact) mass is 336 g/mol. The molecule has 0 atom stereocenters. The molecule has 0 aliphatic rings. The molecular formula is C15H20N4O5. The molecule has 0 aromatic heterocycles. The van der Waals surface area contributed by atoms with Crippen molar-refractivity contribution in [3.63, 3.8) is 0 Å². The molecule has 0 aliphatic heterocycles. The number of hydrogen-bond donors (Lipinski definition) is 0. The molecule has 0 amide bonds. The highest BCUT2D eigenvalue weighted by Crippen LogP contribution is 2.32. The zero-order valence-corrected chi connectivity index (χ0v) is 14.2. The van der Waals surface area contributed by atoms with Gasteiger partial charge in [-0.2, -0.15) is 5.11 Å². The normalized spacial score (nSPS) is 12.9. The first-order valence-corrected chi connectivity index (χ1v) is 7.09. The lowest BCUT2D eigenvalue weighted by molar-refractivity contribution is -0.393. The van der Waals surface area contributed by atoms with Crippen molar-refractivity contribution in [1.29, 1.82) is 0 Å². The number of hydrogen-bond acceptors (Lipinski definition) is 7. The number of rotatable bonds is 7. The molecule has 1 aromatic rings. The largest absolute Gasteiger partial charge is 0.375 e. The van der Waals surface area contributed by atoms with E-state index in [0.29, 0.717) is 0 Å². The number of ether oxygens (including phenoxy) is 1. The minimum Gasteiger partial charge on any atom is -0.375 e. The number of azo groups is 1. The summed E-state index contributed by atoms with van der Waals surface area (Å²) in [5, 5.41) is 29.8. The van der Waals surface area contributed by atoms with Crippen LogP contribution in [-0.2, 0) is 4.74 Å². The van der Waals surface area contributed by atoms with Gasteiger partial charge >= 0.3 is 5.69 Å². The van der Waals surface area contributed by atoms with Crippen molar-refractivity contribution in [2.75, 3.05) is 7.11 Å². The molecule has 0 saturated heterocycles. The van der Waals surface area contributed by atoms with Crippen LogP contribution in [0.15, 0.2) is 40.6 Å². The number of nitro groups is 2. The number of nitrogens with zero attached hydrogens (tertiary/aromatic N) is 4. The molecule has 0 N–H and O–H groups in total. The third kappa shape index (κ3) is 5.51. The van der Waals surface area contributed by atoms with Gasteiger partial charge in [-0.15, -0.1) is 5.11 Å². The van der Waals surface area contributed by atoms with E-state index in [1.165, 1.54) is 6.07 Å². The SMILES string of the molecule is COC(C)(C)/C=C/C(C)(C)N=Nc1ccc([N+](=O)[O-])cc1[N+](=O)[O-]. The second-order valence-electron chi connectivity index (χ2n) is 6.18. The van der Waals surface area contributed by atoms with Gasteiger partial charge in [0.25, 0.3) is 5.69 Å². The average molecular weight is 336 g/mol. The maximum absolute atomic E-state index is 11.1. The van der Waals surface area contributed by atoms with E-state index in [1.807, 2.05) is 19.9 Å². The maximum atomic E-state index is 11.1. The van der Waals surface area contributed by atoms with Crippen LogP contribution >= 0.6 is 0 Å². The van der Waals surface area contributed by atoms with Gasteiger partial charge in [-0.05, 0) is 33.8 Å². The molecule has 130 valence electrons. The highest BCUT2D eigenvalue weighted by atomic mass is 16.6. The van der Waals surface area contributed by atoms with Crippen molar-refractivity contribution in [3.05, 3.63) is 50.6 Å². The van der Waals surface area contributed by atoms with Crippen molar-refractivity contribution in [2.45, 2.75) is 38.8 Å². The Labute approximate surface area is 139 Å². The molecule has 1 aromatic carbocycles. The van der Waals surface area contributed by atoms with Crippen LogP contribution in [0, 0.1) is 20.2 Å². The Hall–Kier alpha value is -2.68. The van der Waals surface area contributed by atoms with Crippen LogP contribution in [0.1, 0.15) is 27.7 Å². The zero-order chi connectivity index (χ0) is 18.5. The van der Waals surface area contributed by atoms with E-state index in [-0.39, 0.29) is 11.4 Å². The Bertz CT molecular complexity index is 695. The molecule has 0 unspecified atom stereocenters. The first-order valence-electron chi connectivity index (χ1n) is 7.09. The predicted octanol–water partition coefficient (Wildman–Crippen LogP) is 4.35. The molecule has 9 nitrogen and oxygen atoms in total. The van der Waals surface area contributed by atoms with Crippen molar-refractivity contribution in [1.82, 2.24) is 0 Å². The second kappa shape index (κ2) is 7.26. The van der Waals surface area contributed by atoms with Gasteiger partial charge < -0.3 is 4.74 Å². The van der Waals surface area contributed by atoms with Gasteiger partial charge in [0.2, 0.25) is 0 Å². The minimum atomic E-state index is -0.731. The lowest BCUT2D eigenvalue weighted by atomic mass is 10.0. The molecule has 0 radical (unpaired) electrons. The molecule has 24 heavy (non-hydrogen) atoms. The van der Waals surface area contributed by atoms with Crippen molar-refractivity contribution in [3.8, 4) is 0 Å². The highest BCUT2D eigenvalue weighted by Gasteiger charge is 2.21. The Morgan fingerprint density at radius 2 is 1.71 bits per heavy atom. The summed E-state index contributed by atoms with van der Waals surface area (Å²) < 4.78 is 5.27. The van der Waals surface area contributed by atoms with Crippen molar-refractivity contribution >= 4 is 17.1 Å². The van der Waals surface area contributed by atoms with Gasteiger partial charge in [0.15, 0.2) is 5.69 Å². The number of methoxy groups -OCH3 is 1. The summed E-state index contributed by atoms with van der Waals surface area (Å²) in [6, 6.07) is 3.22. The van der Waals surface area contributed by atoms with Crippen LogP contribution in [0.5, 0.6) is 0 Å². The zero-order valence-electron chi connectivity index (χ0n) is 14.2. The Balaban J connectivity index is 3.13. The molecule has 1 rings (SSSR count). The fourth-order valence-electron chi connectivity index (χ4n) is 1.54. The Morgan fingerprint density at radius 1 is 1.08 bits per heavy atom. The number of non-ortho nitro benzene ring substituents is 1. The van der Waals surface area contributed by atoms with E-state index in [9.17, 15) is 20.2 Å². The average Bonchev–Trinajstić information content (AvgIpc) is 2.51. The third-order valence-corrected chi connectivity index (χ3v) is 3.20. The first kappa shape index (κ1) is 19.4. The van der Waals surface area contributed by atoms with Crippen LogP contribution in [0.2, 0.25) is 0 Å². The quantitative estimate of drug-likeness (QED) is 0.317. The molecule has 0 bridgehead atoms. The van der Waals surface area contributed by atoms with Crippen LogP contribution in [0.25, 0.3) is 0 Å². The number of benzene rings is 1. The van der Waals surface area contributed by atoms with Gasteiger partial charge in [0, 0.05) is 13.2 Å². The van der Waals surface area contributed by atoms with Crippen molar-refractivity contribution in [2.24, 2.45) is 10.2 Å². The fraction of sp³-hybridized carbons (Fsp3) is 0.467. The molecule has 0 aliphatic carbocycles. The molecule has 0 spiro atoms. The molecular weight excluding hydrogens is 316 g/mol. The fourth-order valence-corrected chi connectivity index (χ4v) is 1.54. The van der Waals surface area contributed by atoms with Crippen molar-refractivity contribution < 1.29 is 14.6 Å². The summed E-state index contributed by atoms with van der Waals surface area (Å²) in [5.41, 5.74) is -2.10. The van der Waals surface area contributed by atoms with Gasteiger partial charge in [0.1, 0.15) is 0 Å². The van der Waals surface area contributed by atoms with Crippen LogP contribution < -0.4 is 0 Å². The summed E-state index contributed by atoms with van der Waals surface area (Å²) >= 11 is 0. The van der Waals surface area contributed by atoms with E-state index in [1.54, 1.807) is 27.0 Å². The van der Waals surface area contributed by atoms with E-state index < -0.39 is 26.7 Å². The number of nitro benzene ring substituents is 2.